The van der Waals surface area contributed by atoms with Crippen LogP contribution in [0.2, 0.25) is 5.02 Å². The molecule has 2 aromatic carbocycles. The molecule has 0 atom stereocenters. The Morgan fingerprint density at radius 2 is 1.76 bits per heavy atom. The van der Waals surface area contributed by atoms with Crippen LogP contribution in [0.25, 0.3) is 22.0 Å². The van der Waals surface area contributed by atoms with Gasteiger partial charge in [0.05, 0.1) is 21.9 Å². The van der Waals surface area contributed by atoms with Crippen molar-refractivity contribution < 1.29 is 0 Å². The first kappa shape index (κ1) is 17.9. The van der Waals surface area contributed by atoms with Crippen molar-refractivity contribution in [2.45, 2.75) is 6.92 Å². The van der Waals surface area contributed by atoms with Gasteiger partial charge in [0.2, 0.25) is 0 Å². The summed E-state index contributed by atoms with van der Waals surface area (Å²) in [5.74, 6) is 0.983. The Hall–Kier alpha value is -3.12. The number of fused-ring (bicyclic) bond motifs is 1. The van der Waals surface area contributed by atoms with Crippen molar-refractivity contribution in [1.82, 2.24) is 20.2 Å². The van der Waals surface area contributed by atoms with Crippen molar-refractivity contribution in [3.8, 4) is 11.1 Å². The third kappa shape index (κ3) is 3.29. The monoisotopic (exact) mass is 404 g/mol. The number of para-hydroxylation sites is 1. The summed E-state index contributed by atoms with van der Waals surface area (Å²) < 4.78 is 0. The van der Waals surface area contributed by atoms with Gasteiger partial charge in [0.1, 0.15) is 12.1 Å². The van der Waals surface area contributed by atoms with Gasteiger partial charge in [0.25, 0.3) is 0 Å². The molecule has 0 radical (unpaired) electrons. The van der Waals surface area contributed by atoms with Crippen LogP contribution in [-0.4, -0.2) is 46.3 Å². The van der Waals surface area contributed by atoms with Gasteiger partial charge in [-0.05, 0) is 36.8 Å². The van der Waals surface area contributed by atoms with Gasteiger partial charge in [-0.15, -0.1) is 0 Å². The van der Waals surface area contributed by atoms with E-state index in [0.717, 1.165) is 70.4 Å². The number of piperazine rings is 1. The molecule has 0 spiro atoms. The average Bonchev–Trinajstić information content (AvgIpc) is 3.19. The van der Waals surface area contributed by atoms with Crippen molar-refractivity contribution in [3.05, 3.63) is 65.7 Å². The molecule has 1 aliphatic heterocycles. The molecule has 3 heterocycles. The normalized spacial score (nSPS) is 14.6. The number of nitrogens with one attached hydrogen (secondary N) is 1. The second-order valence-corrected chi connectivity index (χ2v) is 7.65. The molecule has 1 N–H and O–H groups in total. The highest BCUT2D eigenvalue weighted by atomic mass is 35.5. The summed E-state index contributed by atoms with van der Waals surface area (Å²) in [7, 11) is 0. The molecule has 1 saturated heterocycles. The number of aryl methyl sites for hydroxylation is 1. The molecule has 5 rings (SSSR count). The first-order valence-electron chi connectivity index (χ1n) is 9.70. The molecule has 0 saturated carbocycles. The lowest BCUT2D eigenvalue weighted by atomic mass is 10.0. The highest BCUT2D eigenvalue weighted by molar-refractivity contribution is 6.33. The number of rotatable bonds is 3. The summed E-state index contributed by atoms with van der Waals surface area (Å²) in [6.45, 7) is 5.57. The molecule has 6 nitrogen and oxygen atoms in total. The molecule has 0 aliphatic carbocycles. The van der Waals surface area contributed by atoms with Crippen molar-refractivity contribution in [3.63, 3.8) is 0 Å². The Morgan fingerprint density at radius 3 is 2.52 bits per heavy atom. The van der Waals surface area contributed by atoms with E-state index in [2.05, 4.69) is 54.2 Å². The van der Waals surface area contributed by atoms with E-state index in [1.165, 1.54) is 0 Å². The van der Waals surface area contributed by atoms with Crippen LogP contribution in [0.5, 0.6) is 0 Å². The minimum absolute atomic E-state index is 0.800. The summed E-state index contributed by atoms with van der Waals surface area (Å²) >= 11 is 6.38. The number of halogens is 1. The van der Waals surface area contributed by atoms with Gasteiger partial charge in [-0.2, -0.15) is 5.10 Å². The number of anilines is 2. The fourth-order valence-electron chi connectivity index (χ4n) is 3.98. The second kappa shape index (κ2) is 7.37. The predicted octanol–water partition coefficient (Wildman–Crippen LogP) is 4.31. The molecule has 4 aromatic rings. The quantitative estimate of drug-likeness (QED) is 0.551. The van der Waals surface area contributed by atoms with E-state index in [4.69, 9.17) is 11.6 Å². The topological polar surface area (TPSA) is 60.9 Å². The van der Waals surface area contributed by atoms with Gasteiger partial charge in [-0.25, -0.2) is 9.97 Å². The van der Waals surface area contributed by atoms with E-state index in [1.807, 2.05) is 31.3 Å². The number of hydrogen-bond donors (Lipinski definition) is 1. The molecule has 2 aromatic heterocycles. The third-order valence-electron chi connectivity index (χ3n) is 5.53. The van der Waals surface area contributed by atoms with E-state index in [9.17, 15) is 0 Å². The number of aromatic amines is 1. The largest absolute Gasteiger partial charge is 0.367 e. The van der Waals surface area contributed by atoms with E-state index in [-0.39, 0.29) is 0 Å². The summed E-state index contributed by atoms with van der Waals surface area (Å²) in [6, 6.07) is 14.3. The van der Waals surface area contributed by atoms with Crippen LogP contribution in [0.15, 0.2) is 55.0 Å². The third-order valence-corrected chi connectivity index (χ3v) is 5.85. The molecule has 29 heavy (non-hydrogen) atoms. The second-order valence-electron chi connectivity index (χ2n) is 7.24. The fraction of sp³-hybridized carbons (Fsp3) is 0.227. The highest BCUT2D eigenvalue weighted by Crippen LogP contribution is 2.31. The molecule has 1 aliphatic rings. The molecule has 146 valence electrons. The maximum absolute atomic E-state index is 6.38. The number of benzene rings is 2. The van der Waals surface area contributed by atoms with Crippen molar-refractivity contribution in [1.29, 1.82) is 0 Å². The summed E-state index contributed by atoms with van der Waals surface area (Å²) in [4.78, 5) is 13.8. The van der Waals surface area contributed by atoms with Gasteiger partial charge in [-0.3, -0.25) is 5.10 Å². The molecule has 0 unspecified atom stereocenters. The lowest BCUT2D eigenvalue weighted by Gasteiger charge is -2.37. The van der Waals surface area contributed by atoms with Crippen LogP contribution >= 0.6 is 11.6 Å². The number of aromatic nitrogens is 4. The lowest BCUT2D eigenvalue weighted by Crippen LogP contribution is -2.47. The first-order valence-corrected chi connectivity index (χ1v) is 10.1. The Bertz CT molecular complexity index is 1160. The van der Waals surface area contributed by atoms with Gasteiger partial charge in [0.15, 0.2) is 0 Å². The average molecular weight is 405 g/mol. The molecule has 0 bridgehead atoms. The van der Waals surface area contributed by atoms with E-state index >= 15 is 0 Å². The zero-order valence-corrected chi connectivity index (χ0v) is 16.9. The maximum Gasteiger partial charge on any atom is 0.140 e. The SMILES string of the molecule is Cc1n[nH]cc1-c1ccc2ncnc(N3CCN(c4ccccc4Cl)CC3)c2c1. The zero-order chi connectivity index (χ0) is 19.8. The fourth-order valence-corrected chi connectivity index (χ4v) is 4.24. The van der Waals surface area contributed by atoms with Crippen LogP contribution in [-0.2, 0) is 0 Å². The Balaban J connectivity index is 1.45. The van der Waals surface area contributed by atoms with Crippen LogP contribution < -0.4 is 9.80 Å². The molecule has 1 fully saturated rings. The van der Waals surface area contributed by atoms with Gasteiger partial charge >= 0.3 is 0 Å². The summed E-state index contributed by atoms with van der Waals surface area (Å²) in [5.41, 5.74) is 5.25. The van der Waals surface area contributed by atoms with Gasteiger partial charge in [-0.1, -0.05) is 29.8 Å². The molecule has 7 heteroatoms. The van der Waals surface area contributed by atoms with E-state index < -0.39 is 0 Å². The summed E-state index contributed by atoms with van der Waals surface area (Å²) in [6.07, 6.45) is 3.59. The van der Waals surface area contributed by atoms with Gasteiger partial charge < -0.3 is 9.80 Å². The standard InChI is InChI=1S/C22H21ClN6/c1-15-18(13-26-27-15)16-6-7-20-17(12-16)22(25-14-24-20)29-10-8-28(9-11-29)21-5-3-2-4-19(21)23/h2-7,12-14H,8-11H2,1H3,(H,26,27). The number of nitrogens with zero attached hydrogens (tertiary/aromatic N) is 5. The zero-order valence-electron chi connectivity index (χ0n) is 16.1. The Kier molecular flexibility index (Phi) is 4.56. The van der Waals surface area contributed by atoms with Crippen LogP contribution in [0.3, 0.4) is 0 Å². The molecule has 0 amide bonds. The maximum atomic E-state index is 6.38. The first-order chi connectivity index (χ1) is 14.2. The van der Waals surface area contributed by atoms with Crippen LogP contribution in [0.1, 0.15) is 5.69 Å². The van der Waals surface area contributed by atoms with Crippen molar-refractivity contribution >= 4 is 34.0 Å². The van der Waals surface area contributed by atoms with E-state index in [1.54, 1.807) is 6.33 Å². The number of H-pyrrole nitrogens is 1. The lowest BCUT2D eigenvalue weighted by molar-refractivity contribution is 0.649. The Labute approximate surface area is 174 Å². The smallest absolute Gasteiger partial charge is 0.140 e. The Morgan fingerprint density at radius 1 is 0.966 bits per heavy atom. The minimum atomic E-state index is 0.800. The predicted molar refractivity (Wildman–Crippen MR) is 118 cm³/mol. The van der Waals surface area contributed by atoms with Gasteiger partial charge in [0, 0.05) is 43.3 Å². The van der Waals surface area contributed by atoms with E-state index in [0.29, 0.717) is 0 Å². The highest BCUT2D eigenvalue weighted by Gasteiger charge is 2.21. The summed E-state index contributed by atoms with van der Waals surface area (Å²) in [5, 5.41) is 9.05. The van der Waals surface area contributed by atoms with Crippen molar-refractivity contribution in [2.24, 2.45) is 0 Å². The van der Waals surface area contributed by atoms with Crippen LogP contribution in [0, 0.1) is 6.92 Å². The van der Waals surface area contributed by atoms with Crippen molar-refractivity contribution in [2.75, 3.05) is 36.0 Å². The molecular weight excluding hydrogens is 384 g/mol. The van der Waals surface area contributed by atoms with Crippen LogP contribution in [0.4, 0.5) is 11.5 Å². The molecular formula is C22H21ClN6. The number of hydrogen-bond acceptors (Lipinski definition) is 5. The minimum Gasteiger partial charge on any atom is -0.367 e.